The molecular formula is C14H22N2O2. The van der Waals surface area contributed by atoms with E-state index in [2.05, 4.69) is 12.2 Å². The number of amides is 2. The number of carbonyl (C=O) groups is 2. The van der Waals surface area contributed by atoms with Gasteiger partial charge in [0.15, 0.2) is 0 Å². The highest BCUT2D eigenvalue weighted by Gasteiger charge is 2.51. The lowest BCUT2D eigenvalue weighted by Gasteiger charge is -2.41. The second-order valence-electron chi connectivity index (χ2n) is 6.35. The Kier molecular flexibility index (Phi) is 2.65. The first-order chi connectivity index (χ1) is 8.59. The Hall–Kier alpha value is -1.06. The molecular weight excluding hydrogens is 228 g/mol. The maximum Gasteiger partial charge on any atom is 0.248 e. The van der Waals surface area contributed by atoms with Gasteiger partial charge >= 0.3 is 0 Å². The van der Waals surface area contributed by atoms with E-state index in [1.807, 2.05) is 4.90 Å². The minimum absolute atomic E-state index is 0.0309. The normalized spacial score (nSPS) is 28.6. The lowest BCUT2D eigenvalue weighted by molar-refractivity contribution is -0.150. The van der Waals surface area contributed by atoms with Crippen LogP contribution in [0.25, 0.3) is 0 Å². The molecule has 3 aliphatic rings. The molecule has 1 N–H and O–H groups in total. The molecule has 0 bridgehead atoms. The quantitative estimate of drug-likeness (QED) is 0.824. The lowest BCUT2D eigenvalue weighted by Crippen LogP contribution is -2.66. The largest absolute Gasteiger partial charge is 0.340 e. The van der Waals surface area contributed by atoms with Gasteiger partial charge in [0.05, 0.1) is 6.54 Å². The zero-order chi connectivity index (χ0) is 12.8. The van der Waals surface area contributed by atoms with E-state index in [9.17, 15) is 9.59 Å². The predicted octanol–water partition coefficient (Wildman–Crippen LogP) is 1.45. The fraction of sp³-hybridized carbons (Fsp3) is 0.857. The molecule has 0 unspecified atom stereocenters. The summed E-state index contributed by atoms with van der Waals surface area (Å²) in [5.74, 6) is 0.211. The molecule has 18 heavy (non-hydrogen) atoms. The van der Waals surface area contributed by atoms with Crippen molar-refractivity contribution in [3.8, 4) is 0 Å². The van der Waals surface area contributed by atoms with Crippen LogP contribution in [0.15, 0.2) is 0 Å². The van der Waals surface area contributed by atoms with Gasteiger partial charge < -0.3 is 10.2 Å². The molecule has 1 heterocycles. The monoisotopic (exact) mass is 250 g/mol. The molecule has 2 amide bonds. The molecule has 0 aromatic rings. The van der Waals surface area contributed by atoms with Crippen LogP contribution in [0.1, 0.15) is 51.9 Å². The molecule has 0 radical (unpaired) electrons. The van der Waals surface area contributed by atoms with Gasteiger partial charge in [-0.1, -0.05) is 19.8 Å². The predicted molar refractivity (Wildman–Crippen MR) is 67.9 cm³/mol. The number of nitrogens with one attached hydrogen (secondary N) is 1. The summed E-state index contributed by atoms with van der Waals surface area (Å²) < 4.78 is 0. The minimum atomic E-state index is -0.543. The Labute approximate surface area is 108 Å². The van der Waals surface area contributed by atoms with Crippen LogP contribution in [0.2, 0.25) is 0 Å². The van der Waals surface area contributed by atoms with Gasteiger partial charge in [-0.2, -0.15) is 0 Å². The third-order valence-corrected chi connectivity index (χ3v) is 5.10. The zero-order valence-corrected chi connectivity index (χ0v) is 11.1. The maximum absolute atomic E-state index is 12.6. The van der Waals surface area contributed by atoms with Crippen LogP contribution in [0.4, 0.5) is 0 Å². The molecule has 2 saturated carbocycles. The molecule has 1 spiro atoms. The fourth-order valence-corrected chi connectivity index (χ4v) is 3.56. The molecule has 1 aliphatic heterocycles. The van der Waals surface area contributed by atoms with E-state index in [0.29, 0.717) is 5.41 Å². The van der Waals surface area contributed by atoms with Crippen LogP contribution >= 0.6 is 0 Å². The molecule has 3 rings (SSSR count). The average Bonchev–Trinajstić information content (AvgIpc) is 2.97. The summed E-state index contributed by atoms with van der Waals surface area (Å²) in [6.07, 6.45) is 7.30. The van der Waals surface area contributed by atoms with Crippen molar-refractivity contribution in [1.29, 1.82) is 0 Å². The summed E-state index contributed by atoms with van der Waals surface area (Å²) in [5.41, 5.74) is -0.216. The summed E-state index contributed by atoms with van der Waals surface area (Å²) in [7, 11) is 0. The molecule has 100 valence electrons. The van der Waals surface area contributed by atoms with Crippen molar-refractivity contribution >= 4 is 11.8 Å². The third-order valence-electron chi connectivity index (χ3n) is 5.10. The van der Waals surface area contributed by atoms with Gasteiger partial charge in [-0.15, -0.1) is 0 Å². The highest BCUT2D eigenvalue weighted by Crippen LogP contribution is 2.49. The van der Waals surface area contributed by atoms with E-state index in [1.54, 1.807) is 0 Å². The number of rotatable bonds is 3. The van der Waals surface area contributed by atoms with Gasteiger partial charge in [0, 0.05) is 6.54 Å². The minimum Gasteiger partial charge on any atom is -0.340 e. The molecule has 0 atom stereocenters. The fourth-order valence-electron chi connectivity index (χ4n) is 3.56. The van der Waals surface area contributed by atoms with Gasteiger partial charge in [-0.05, 0) is 37.5 Å². The van der Waals surface area contributed by atoms with E-state index in [-0.39, 0.29) is 18.4 Å². The Morgan fingerprint density at radius 3 is 2.39 bits per heavy atom. The van der Waals surface area contributed by atoms with E-state index >= 15 is 0 Å². The molecule has 0 aromatic carbocycles. The Morgan fingerprint density at radius 2 is 1.83 bits per heavy atom. The van der Waals surface area contributed by atoms with Crippen LogP contribution < -0.4 is 5.32 Å². The van der Waals surface area contributed by atoms with Crippen LogP contribution in [-0.4, -0.2) is 35.3 Å². The SMILES string of the molecule is CCC1(CN2CC(=O)NC3(CCCC3)C2=O)CC1. The van der Waals surface area contributed by atoms with E-state index in [4.69, 9.17) is 0 Å². The Morgan fingerprint density at radius 1 is 1.17 bits per heavy atom. The third kappa shape index (κ3) is 1.82. The van der Waals surface area contributed by atoms with Gasteiger partial charge in [0.1, 0.15) is 5.54 Å². The number of piperazine rings is 1. The van der Waals surface area contributed by atoms with Crippen molar-refractivity contribution in [1.82, 2.24) is 10.2 Å². The summed E-state index contributed by atoms with van der Waals surface area (Å²) in [5, 5.41) is 2.97. The first kappa shape index (κ1) is 12.0. The number of carbonyl (C=O) groups excluding carboxylic acids is 2. The van der Waals surface area contributed by atoms with E-state index in [1.165, 1.54) is 12.8 Å². The van der Waals surface area contributed by atoms with Crippen molar-refractivity contribution < 1.29 is 9.59 Å². The molecule has 3 fully saturated rings. The van der Waals surface area contributed by atoms with Crippen LogP contribution in [0.5, 0.6) is 0 Å². The first-order valence-corrected chi connectivity index (χ1v) is 7.20. The first-order valence-electron chi connectivity index (χ1n) is 7.20. The van der Waals surface area contributed by atoms with Gasteiger partial charge in [0.25, 0.3) is 0 Å². The summed E-state index contributed by atoms with van der Waals surface area (Å²) in [6.45, 7) is 3.24. The highest BCUT2D eigenvalue weighted by molar-refractivity contribution is 5.98. The van der Waals surface area contributed by atoms with Crippen molar-refractivity contribution in [2.45, 2.75) is 57.4 Å². The van der Waals surface area contributed by atoms with Crippen molar-refractivity contribution in [3.63, 3.8) is 0 Å². The zero-order valence-electron chi connectivity index (χ0n) is 11.1. The molecule has 2 aliphatic carbocycles. The van der Waals surface area contributed by atoms with Crippen LogP contribution in [0, 0.1) is 5.41 Å². The van der Waals surface area contributed by atoms with Crippen LogP contribution in [-0.2, 0) is 9.59 Å². The Bertz CT molecular complexity index is 381. The topological polar surface area (TPSA) is 49.4 Å². The van der Waals surface area contributed by atoms with Crippen LogP contribution in [0.3, 0.4) is 0 Å². The second kappa shape index (κ2) is 3.97. The number of hydrogen-bond donors (Lipinski definition) is 1. The average molecular weight is 250 g/mol. The van der Waals surface area contributed by atoms with E-state index in [0.717, 1.165) is 38.6 Å². The molecule has 4 nitrogen and oxygen atoms in total. The van der Waals surface area contributed by atoms with Gasteiger partial charge in [0.2, 0.25) is 11.8 Å². The Balaban J connectivity index is 1.77. The van der Waals surface area contributed by atoms with Crippen molar-refractivity contribution in [2.24, 2.45) is 5.41 Å². The maximum atomic E-state index is 12.6. The molecule has 4 heteroatoms. The van der Waals surface area contributed by atoms with Gasteiger partial charge in [-0.3, -0.25) is 9.59 Å². The number of nitrogens with zero attached hydrogens (tertiary/aromatic N) is 1. The highest BCUT2D eigenvalue weighted by atomic mass is 16.2. The van der Waals surface area contributed by atoms with Crippen molar-refractivity contribution in [2.75, 3.05) is 13.1 Å². The van der Waals surface area contributed by atoms with E-state index < -0.39 is 5.54 Å². The van der Waals surface area contributed by atoms with Gasteiger partial charge in [-0.25, -0.2) is 0 Å². The second-order valence-corrected chi connectivity index (χ2v) is 6.35. The standard InChI is InChI=1S/C14H22N2O2/c1-2-13(7-8-13)10-16-9-11(17)15-14(12(16)18)5-3-4-6-14/h2-10H2,1H3,(H,15,17). The number of hydrogen-bond acceptors (Lipinski definition) is 2. The molecule has 1 saturated heterocycles. The molecule has 0 aromatic heterocycles. The van der Waals surface area contributed by atoms with Crippen molar-refractivity contribution in [3.05, 3.63) is 0 Å². The summed E-state index contributed by atoms with van der Waals surface area (Å²) in [4.78, 5) is 26.3. The lowest BCUT2D eigenvalue weighted by atomic mass is 9.91. The summed E-state index contributed by atoms with van der Waals surface area (Å²) >= 11 is 0. The summed E-state index contributed by atoms with van der Waals surface area (Å²) in [6, 6.07) is 0. The smallest absolute Gasteiger partial charge is 0.248 e.